The summed E-state index contributed by atoms with van der Waals surface area (Å²) in [5.41, 5.74) is 2.62. The average molecular weight is 254 g/mol. The van der Waals surface area contributed by atoms with Crippen molar-refractivity contribution in [2.75, 3.05) is 5.32 Å². The standard InChI is InChI=1S/C15H14N2O2/c1-11(18)8-15(19)17-14-6-2-4-12(9-14)13-5-3-7-16-10-13/h2-7,9-10H,8H2,1H3,(H,17,19). The normalized spacial score (nSPS) is 9.95. The van der Waals surface area contributed by atoms with Crippen molar-refractivity contribution in [2.45, 2.75) is 13.3 Å². The van der Waals surface area contributed by atoms with Crippen molar-refractivity contribution in [1.82, 2.24) is 4.98 Å². The molecule has 2 rings (SSSR count). The van der Waals surface area contributed by atoms with Crippen molar-refractivity contribution in [3.8, 4) is 11.1 Å². The smallest absolute Gasteiger partial charge is 0.231 e. The molecule has 96 valence electrons. The minimum absolute atomic E-state index is 0.100. The molecule has 0 fully saturated rings. The number of nitrogens with one attached hydrogen (secondary N) is 1. The summed E-state index contributed by atoms with van der Waals surface area (Å²) in [5, 5.41) is 2.70. The molecular formula is C15H14N2O2. The molecule has 0 atom stereocenters. The monoisotopic (exact) mass is 254 g/mol. The number of ketones is 1. The number of carbonyl (C=O) groups excluding carboxylic acids is 2. The van der Waals surface area contributed by atoms with Gasteiger partial charge in [0.05, 0.1) is 6.42 Å². The summed E-state index contributed by atoms with van der Waals surface area (Å²) >= 11 is 0. The highest BCUT2D eigenvalue weighted by Crippen LogP contribution is 2.21. The van der Waals surface area contributed by atoms with E-state index in [-0.39, 0.29) is 18.1 Å². The van der Waals surface area contributed by atoms with Crippen LogP contribution in [-0.2, 0) is 9.59 Å². The number of hydrogen-bond donors (Lipinski definition) is 1. The fraction of sp³-hybridized carbons (Fsp3) is 0.133. The van der Waals surface area contributed by atoms with Crippen LogP contribution in [0.4, 0.5) is 5.69 Å². The lowest BCUT2D eigenvalue weighted by atomic mass is 10.1. The Labute approximate surface area is 111 Å². The number of rotatable bonds is 4. The van der Waals surface area contributed by atoms with Gasteiger partial charge in [0, 0.05) is 23.6 Å². The fourth-order valence-corrected chi connectivity index (χ4v) is 1.74. The zero-order valence-electron chi connectivity index (χ0n) is 10.6. The number of carbonyl (C=O) groups is 2. The Kier molecular flexibility index (Phi) is 4.03. The van der Waals surface area contributed by atoms with Gasteiger partial charge in [0.15, 0.2) is 0 Å². The van der Waals surface area contributed by atoms with Gasteiger partial charge in [-0.05, 0) is 30.7 Å². The molecule has 1 aromatic heterocycles. The molecule has 1 N–H and O–H groups in total. The molecule has 0 unspecified atom stereocenters. The molecule has 0 spiro atoms. The van der Waals surface area contributed by atoms with Crippen molar-refractivity contribution < 1.29 is 9.59 Å². The number of aromatic nitrogens is 1. The summed E-state index contributed by atoms with van der Waals surface area (Å²) in [5.74, 6) is -0.447. The van der Waals surface area contributed by atoms with Gasteiger partial charge in [-0.1, -0.05) is 18.2 Å². The maximum atomic E-state index is 11.5. The molecule has 1 aromatic carbocycles. The molecule has 1 amide bonds. The Hall–Kier alpha value is -2.49. The maximum absolute atomic E-state index is 11.5. The van der Waals surface area contributed by atoms with Crippen LogP contribution >= 0.6 is 0 Å². The number of Topliss-reactive ketones (excluding diaryl/α,β-unsaturated/α-hetero) is 1. The van der Waals surface area contributed by atoms with Gasteiger partial charge in [0.25, 0.3) is 0 Å². The topological polar surface area (TPSA) is 59.1 Å². The summed E-state index contributed by atoms with van der Waals surface area (Å²) in [6, 6.07) is 11.2. The van der Waals surface area contributed by atoms with E-state index < -0.39 is 0 Å². The summed E-state index contributed by atoms with van der Waals surface area (Å²) in [6.07, 6.45) is 3.37. The van der Waals surface area contributed by atoms with E-state index >= 15 is 0 Å². The predicted molar refractivity (Wildman–Crippen MR) is 73.6 cm³/mol. The van der Waals surface area contributed by atoms with Gasteiger partial charge in [0.2, 0.25) is 5.91 Å². The molecular weight excluding hydrogens is 240 g/mol. The van der Waals surface area contributed by atoms with Crippen LogP contribution in [0, 0.1) is 0 Å². The average Bonchev–Trinajstić information content (AvgIpc) is 2.39. The second-order valence-electron chi connectivity index (χ2n) is 4.25. The third-order valence-electron chi connectivity index (χ3n) is 2.55. The Balaban J connectivity index is 2.16. The number of pyridine rings is 1. The zero-order chi connectivity index (χ0) is 13.7. The van der Waals surface area contributed by atoms with E-state index in [2.05, 4.69) is 10.3 Å². The van der Waals surface area contributed by atoms with Crippen molar-refractivity contribution in [3.63, 3.8) is 0 Å². The van der Waals surface area contributed by atoms with Crippen LogP contribution < -0.4 is 5.32 Å². The number of hydrogen-bond acceptors (Lipinski definition) is 3. The van der Waals surface area contributed by atoms with Crippen LogP contribution in [0.2, 0.25) is 0 Å². The van der Waals surface area contributed by atoms with Crippen LogP contribution in [0.1, 0.15) is 13.3 Å². The lowest BCUT2D eigenvalue weighted by Gasteiger charge is -2.06. The first kappa shape index (κ1) is 13.0. The molecule has 0 aliphatic rings. The predicted octanol–water partition coefficient (Wildman–Crippen LogP) is 2.67. The van der Waals surface area contributed by atoms with E-state index in [0.29, 0.717) is 5.69 Å². The number of anilines is 1. The molecule has 0 saturated heterocycles. The van der Waals surface area contributed by atoms with Gasteiger partial charge in [-0.25, -0.2) is 0 Å². The van der Waals surface area contributed by atoms with Gasteiger partial charge in [-0.3, -0.25) is 14.6 Å². The van der Waals surface area contributed by atoms with Crippen LogP contribution in [-0.4, -0.2) is 16.7 Å². The fourth-order valence-electron chi connectivity index (χ4n) is 1.74. The minimum Gasteiger partial charge on any atom is -0.326 e. The van der Waals surface area contributed by atoms with E-state index in [1.54, 1.807) is 18.5 Å². The molecule has 0 aliphatic carbocycles. The zero-order valence-corrected chi connectivity index (χ0v) is 10.6. The van der Waals surface area contributed by atoms with Gasteiger partial charge in [0.1, 0.15) is 5.78 Å². The van der Waals surface area contributed by atoms with Crippen molar-refractivity contribution >= 4 is 17.4 Å². The molecule has 19 heavy (non-hydrogen) atoms. The lowest BCUT2D eigenvalue weighted by Crippen LogP contribution is -2.14. The highest BCUT2D eigenvalue weighted by molar-refractivity contribution is 6.03. The highest BCUT2D eigenvalue weighted by atomic mass is 16.2. The van der Waals surface area contributed by atoms with E-state index in [4.69, 9.17) is 0 Å². The minimum atomic E-state index is -0.296. The molecule has 0 aliphatic heterocycles. The molecule has 0 radical (unpaired) electrons. The molecule has 4 nitrogen and oxygen atoms in total. The SMILES string of the molecule is CC(=O)CC(=O)Nc1cccc(-c2cccnc2)c1. The molecule has 1 heterocycles. The number of nitrogens with zero attached hydrogens (tertiary/aromatic N) is 1. The van der Waals surface area contributed by atoms with Crippen molar-refractivity contribution in [2.24, 2.45) is 0 Å². The Morgan fingerprint density at radius 2 is 1.95 bits per heavy atom. The van der Waals surface area contributed by atoms with Gasteiger partial charge in [-0.2, -0.15) is 0 Å². The Morgan fingerprint density at radius 3 is 2.63 bits per heavy atom. The Morgan fingerprint density at radius 1 is 1.16 bits per heavy atom. The quantitative estimate of drug-likeness (QED) is 0.853. The first-order valence-electron chi connectivity index (χ1n) is 5.95. The summed E-state index contributed by atoms with van der Waals surface area (Å²) < 4.78 is 0. The van der Waals surface area contributed by atoms with Crippen LogP contribution in [0.3, 0.4) is 0 Å². The molecule has 0 bridgehead atoms. The third-order valence-corrected chi connectivity index (χ3v) is 2.55. The van der Waals surface area contributed by atoms with Crippen molar-refractivity contribution in [1.29, 1.82) is 0 Å². The summed E-state index contributed by atoms with van der Waals surface area (Å²) in [4.78, 5) is 26.4. The van der Waals surface area contributed by atoms with Gasteiger partial charge < -0.3 is 5.32 Å². The number of benzene rings is 1. The van der Waals surface area contributed by atoms with Crippen LogP contribution in [0.25, 0.3) is 11.1 Å². The van der Waals surface area contributed by atoms with Gasteiger partial charge in [-0.15, -0.1) is 0 Å². The van der Waals surface area contributed by atoms with E-state index in [1.807, 2.05) is 30.3 Å². The van der Waals surface area contributed by atoms with E-state index in [0.717, 1.165) is 11.1 Å². The first-order valence-corrected chi connectivity index (χ1v) is 5.95. The van der Waals surface area contributed by atoms with Crippen LogP contribution in [0.15, 0.2) is 48.8 Å². The maximum Gasteiger partial charge on any atom is 0.231 e. The second-order valence-corrected chi connectivity index (χ2v) is 4.25. The second kappa shape index (κ2) is 5.91. The van der Waals surface area contributed by atoms with Crippen molar-refractivity contribution in [3.05, 3.63) is 48.8 Å². The molecule has 2 aromatic rings. The highest BCUT2D eigenvalue weighted by Gasteiger charge is 2.06. The Bertz CT molecular complexity index is 594. The molecule has 4 heteroatoms. The molecule has 0 saturated carbocycles. The van der Waals surface area contributed by atoms with E-state index in [1.165, 1.54) is 6.92 Å². The first-order chi connectivity index (χ1) is 9.15. The van der Waals surface area contributed by atoms with Crippen LogP contribution in [0.5, 0.6) is 0 Å². The summed E-state index contributed by atoms with van der Waals surface area (Å²) in [7, 11) is 0. The summed E-state index contributed by atoms with van der Waals surface area (Å²) in [6.45, 7) is 1.39. The van der Waals surface area contributed by atoms with Gasteiger partial charge >= 0.3 is 0 Å². The number of amides is 1. The third kappa shape index (κ3) is 3.74. The largest absolute Gasteiger partial charge is 0.326 e. The van der Waals surface area contributed by atoms with E-state index in [9.17, 15) is 9.59 Å². The lowest BCUT2D eigenvalue weighted by molar-refractivity contribution is -0.124.